The van der Waals surface area contributed by atoms with E-state index in [0.29, 0.717) is 33.4 Å². The van der Waals surface area contributed by atoms with Crippen LogP contribution in [0.4, 0.5) is 31.1 Å². The largest absolute Gasteiger partial charge is 0.444 e. The lowest BCUT2D eigenvalue weighted by atomic mass is 9.94. The Morgan fingerprint density at radius 2 is 1.33 bits per heavy atom. The Morgan fingerprint density at radius 1 is 0.788 bits per heavy atom. The third-order valence-electron chi connectivity index (χ3n) is 8.01. The van der Waals surface area contributed by atoms with Gasteiger partial charge in [0.1, 0.15) is 5.60 Å². The molecule has 52 heavy (non-hydrogen) atoms. The number of aliphatic hydroxyl groups is 1. The van der Waals surface area contributed by atoms with Crippen molar-refractivity contribution < 1.29 is 41.0 Å². The van der Waals surface area contributed by atoms with Crippen LogP contribution in [0.5, 0.6) is 0 Å². The number of rotatable bonds is 10. The normalized spacial score (nSPS) is 12.5. The van der Waals surface area contributed by atoms with E-state index in [1.54, 1.807) is 70.2 Å². The fourth-order valence-corrected chi connectivity index (χ4v) is 5.78. The molecule has 0 aromatic heterocycles. The predicted molar refractivity (Wildman–Crippen MR) is 196 cm³/mol. The number of hydrogen-bond donors (Lipinski definition) is 1. The summed E-state index contributed by atoms with van der Waals surface area (Å²) in [5.74, 6) is 0. The van der Waals surface area contributed by atoms with Crippen molar-refractivity contribution in [2.24, 2.45) is 0 Å². The highest BCUT2D eigenvalue weighted by atomic mass is 35.5. The van der Waals surface area contributed by atoms with Gasteiger partial charge in [-0.3, -0.25) is 0 Å². The van der Waals surface area contributed by atoms with Crippen LogP contribution in [0.1, 0.15) is 70.8 Å². The smallest absolute Gasteiger partial charge is 0.416 e. The topological polar surface area (TPSA) is 49.8 Å². The molecule has 0 heterocycles. The van der Waals surface area contributed by atoms with Crippen LogP contribution in [-0.4, -0.2) is 34.9 Å². The van der Waals surface area contributed by atoms with Crippen molar-refractivity contribution in [2.75, 3.05) is 13.2 Å². The molecule has 0 radical (unpaired) electrons. The van der Waals surface area contributed by atoms with Gasteiger partial charge in [-0.15, -0.1) is 0 Å². The zero-order chi connectivity index (χ0) is 38.4. The van der Waals surface area contributed by atoms with Gasteiger partial charge in [-0.25, -0.2) is 4.79 Å². The zero-order valence-electron chi connectivity index (χ0n) is 29.0. The number of amides is 1. The number of nitrogens with zero attached hydrogens (tertiary/aromatic N) is 1. The van der Waals surface area contributed by atoms with Crippen molar-refractivity contribution >= 4 is 48.1 Å². The van der Waals surface area contributed by atoms with Crippen LogP contribution in [0.15, 0.2) is 79.4 Å². The second-order valence-corrected chi connectivity index (χ2v) is 13.4. The summed E-state index contributed by atoms with van der Waals surface area (Å²) in [6.45, 7) is 9.92. The summed E-state index contributed by atoms with van der Waals surface area (Å²) in [5, 5.41) is 9.76. The van der Waals surface area contributed by atoms with Crippen molar-refractivity contribution in [3.63, 3.8) is 0 Å². The van der Waals surface area contributed by atoms with Crippen LogP contribution in [-0.2, 0) is 23.6 Å². The molecule has 4 nitrogen and oxygen atoms in total. The van der Waals surface area contributed by atoms with Gasteiger partial charge in [0.05, 0.1) is 22.8 Å². The number of alkyl halides is 6. The molecule has 0 aliphatic heterocycles. The second-order valence-electron chi connectivity index (χ2n) is 13.0. The highest BCUT2D eigenvalue weighted by molar-refractivity contribution is 6.35. The molecule has 0 fully saturated rings. The van der Waals surface area contributed by atoms with Gasteiger partial charge in [0.2, 0.25) is 0 Å². The van der Waals surface area contributed by atoms with Crippen molar-refractivity contribution in [2.45, 2.75) is 52.2 Å². The summed E-state index contributed by atoms with van der Waals surface area (Å²) >= 11 is 6.86. The molecule has 0 atom stereocenters. The van der Waals surface area contributed by atoms with E-state index in [1.165, 1.54) is 53.5 Å². The lowest BCUT2D eigenvalue weighted by Gasteiger charge is -2.27. The lowest BCUT2D eigenvalue weighted by molar-refractivity contribution is -0.138. The maximum Gasteiger partial charge on any atom is 0.416 e. The Kier molecular flexibility index (Phi) is 12.5. The van der Waals surface area contributed by atoms with E-state index in [9.17, 15) is 36.2 Å². The van der Waals surface area contributed by atoms with E-state index < -0.39 is 35.2 Å². The summed E-state index contributed by atoms with van der Waals surface area (Å²) in [4.78, 5) is 13.9. The fourth-order valence-electron chi connectivity index (χ4n) is 5.48. The molecule has 4 aromatic rings. The van der Waals surface area contributed by atoms with Gasteiger partial charge in [-0.05, 0) is 96.5 Å². The van der Waals surface area contributed by atoms with Crippen LogP contribution in [0, 0.1) is 6.92 Å². The van der Waals surface area contributed by atoms with Gasteiger partial charge in [-0.1, -0.05) is 97.1 Å². The minimum Gasteiger partial charge on any atom is -0.444 e. The lowest BCUT2D eigenvalue weighted by Crippen LogP contribution is -2.38. The number of ether oxygens (including phenoxy) is 1. The monoisotopic (exact) mass is 741 g/mol. The van der Waals surface area contributed by atoms with Crippen molar-refractivity contribution in [1.82, 2.24) is 4.90 Å². The number of carbonyl (C=O) groups excluding carboxylic acids is 1. The molecule has 0 bridgehead atoms. The number of aliphatic hydroxyl groups excluding tert-OH is 1. The van der Waals surface area contributed by atoms with Crippen LogP contribution in [0.25, 0.3) is 41.5 Å². The molecule has 11 heteroatoms. The summed E-state index contributed by atoms with van der Waals surface area (Å²) < 4.78 is 88.8. The average Bonchev–Trinajstić information content (AvgIpc) is 3.05. The van der Waals surface area contributed by atoms with E-state index in [2.05, 4.69) is 6.58 Å². The minimum atomic E-state index is -4.68. The Bertz CT molecular complexity index is 1990. The number of benzene rings is 4. The third kappa shape index (κ3) is 10.2. The summed E-state index contributed by atoms with van der Waals surface area (Å²) in [6.07, 6.45) is -2.75. The van der Waals surface area contributed by atoms with E-state index in [1.807, 2.05) is 0 Å². The Balaban J connectivity index is 1.69. The van der Waals surface area contributed by atoms with Gasteiger partial charge in [0.25, 0.3) is 0 Å². The highest BCUT2D eigenvalue weighted by Gasteiger charge is 2.34. The first kappa shape index (κ1) is 40.0. The Labute approximate surface area is 304 Å². The number of halogens is 7. The Hall–Kier alpha value is -4.80. The molecule has 4 aromatic carbocycles. The maximum absolute atomic E-state index is 14.1. The maximum atomic E-state index is 14.1. The van der Waals surface area contributed by atoms with Crippen molar-refractivity contribution in [1.29, 1.82) is 0 Å². The standard InChI is InChI=1S/C41H38ClF6NO3/c1-6-27-13-19-35(40(43,44)45)31(23-27)17-15-29-9-7-11-33(26(29)2)34-12-8-10-30(37(34)42)16-18-32-24-28(14-20-36(32)41(46,47)48)25-49(21-22-50)38(51)52-39(3,4)5/h6-20,23-24,50H,1,21-22,25H2,2-5H3/b17-15+,18-16+. The number of hydrogen-bond acceptors (Lipinski definition) is 3. The molecular formula is C41H38ClF6NO3. The molecule has 1 amide bonds. The van der Waals surface area contributed by atoms with Crippen LogP contribution < -0.4 is 0 Å². The van der Waals surface area contributed by atoms with Gasteiger partial charge in [-0.2, -0.15) is 26.3 Å². The summed E-state index contributed by atoms with van der Waals surface area (Å²) in [5.41, 5.74) is 1.27. The second kappa shape index (κ2) is 16.3. The molecule has 0 saturated heterocycles. The predicted octanol–water partition coefficient (Wildman–Crippen LogP) is 12.1. The molecule has 0 unspecified atom stereocenters. The highest BCUT2D eigenvalue weighted by Crippen LogP contribution is 2.38. The average molecular weight is 742 g/mol. The van der Waals surface area contributed by atoms with Crippen molar-refractivity contribution in [3.05, 3.63) is 134 Å². The molecule has 0 saturated carbocycles. The molecule has 1 N–H and O–H groups in total. The van der Waals surface area contributed by atoms with Crippen molar-refractivity contribution in [3.8, 4) is 11.1 Å². The van der Waals surface area contributed by atoms with Crippen LogP contribution in [0.2, 0.25) is 5.02 Å². The van der Waals surface area contributed by atoms with Gasteiger partial charge in [0.15, 0.2) is 0 Å². The van der Waals surface area contributed by atoms with E-state index in [0.717, 1.165) is 17.7 Å². The summed E-state index contributed by atoms with van der Waals surface area (Å²) in [6, 6.07) is 17.7. The van der Waals surface area contributed by atoms with Gasteiger partial charge < -0.3 is 14.7 Å². The minimum absolute atomic E-state index is 0.0203. The van der Waals surface area contributed by atoms with Crippen LogP contribution >= 0.6 is 11.6 Å². The van der Waals surface area contributed by atoms with Gasteiger partial charge >= 0.3 is 18.4 Å². The number of carbonyl (C=O) groups is 1. The van der Waals surface area contributed by atoms with E-state index >= 15 is 0 Å². The van der Waals surface area contributed by atoms with Gasteiger partial charge in [0, 0.05) is 18.7 Å². The zero-order valence-corrected chi connectivity index (χ0v) is 29.8. The first-order valence-electron chi connectivity index (χ1n) is 16.2. The molecule has 0 spiro atoms. The van der Waals surface area contributed by atoms with E-state index in [-0.39, 0.29) is 35.8 Å². The quantitative estimate of drug-likeness (QED) is 0.130. The third-order valence-corrected chi connectivity index (χ3v) is 8.43. The molecule has 4 rings (SSSR count). The van der Waals surface area contributed by atoms with Crippen LogP contribution in [0.3, 0.4) is 0 Å². The molecule has 274 valence electrons. The molecule has 0 aliphatic rings. The molecule has 0 aliphatic carbocycles. The SMILES string of the molecule is C=Cc1ccc(C(F)(F)F)c(/C=C/c2cccc(-c3cccc(/C=C/c4cc(CN(CCO)C(=O)OC(C)(C)C)ccc4C(F)(F)F)c3Cl)c2C)c1. The first-order valence-corrected chi connectivity index (χ1v) is 16.6. The fraction of sp³-hybridized carbons (Fsp3) is 0.244. The molecular weight excluding hydrogens is 704 g/mol. The Morgan fingerprint density at radius 3 is 1.90 bits per heavy atom. The van der Waals surface area contributed by atoms with E-state index in [4.69, 9.17) is 16.3 Å². The first-order chi connectivity index (χ1) is 24.3. The summed E-state index contributed by atoms with van der Waals surface area (Å²) in [7, 11) is 0.